The van der Waals surface area contributed by atoms with Gasteiger partial charge in [0.1, 0.15) is 0 Å². The summed E-state index contributed by atoms with van der Waals surface area (Å²) in [5, 5.41) is 0. The van der Waals surface area contributed by atoms with Crippen molar-refractivity contribution in [2.45, 2.75) is 72.3 Å². The van der Waals surface area contributed by atoms with Crippen molar-refractivity contribution < 1.29 is 0 Å². The lowest BCUT2D eigenvalue weighted by Gasteiger charge is -2.34. The van der Waals surface area contributed by atoms with Crippen molar-refractivity contribution in [3.63, 3.8) is 0 Å². The summed E-state index contributed by atoms with van der Waals surface area (Å²) >= 11 is 0. The monoisotopic (exact) mass is 225 g/mol. The molecule has 2 rings (SSSR count). The van der Waals surface area contributed by atoms with Crippen molar-refractivity contribution >= 4 is 0 Å². The molecule has 0 aromatic heterocycles. The zero-order chi connectivity index (χ0) is 12.0. The van der Waals surface area contributed by atoms with Crippen molar-refractivity contribution in [2.24, 2.45) is 11.8 Å². The van der Waals surface area contributed by atoms with Crippen molar-refractivity contribution in [1.82, 2.24) is 4.90 Å². The fourth-order valence-electron chi connectivity index (χ4n) is 2.66. The Hall–Kier alpha value is -0.0400. The van der Waals surface area contributed by atoms with Crippen molar-refractivity contribution in [1.29, 1.82) is 0 Å². The van der Waals surface area contributed by atoms with Gasteiger partial charge in [0.2, 0.25) is 0 Å². The Morgan fingerprint density at radius 2 is 1.38 bits per heavy atom. The van der Waals surface area contributed by atoms with E-state index >= 15 is 0 Å². The average Bonchev–Trinajstić information content (AvgIpc) is 2.16. The third-order valence-corrected chi connectivity index (χ3v) is 4.21. The van der Waals surface area contributed by atoms with Crippen LogP contribution in [0.2, 0.25) is 0 Å². The van der Waals surface area contributed by atoms with Gasteiger partial charge in [0.05, 0.1) is 0 Å². The highest BCUT2D eigenvalue weighted by Gasteiger charge is 2.16. The second-order valence-corrected chi connectivity index (χ2v) is 6.13. The van der Waals surface area contributed by atoms with Gasteiger partial charge in [0.15, 0.2) is 0 Å². The molecule has 0 unspecified atom stereocenters. The molecule has 96 valence electrons. The lowest BCUT2D eigenvalue weighted by molar-refractivity contribution is 0.138. The molecule has 2 fully saturated rings. The van der Waals surface area contributed by atoms with E-state index in [0.29, 0.717) is 0 Å². The normalized spacial score (nSPS) is 22.9. The first-order valence-corrected chi connectivity index (χ1v) is 7.35. The Morgan fingerprint density at radius 3 is 1.56 bits per heavy atom. The summed E-state index contributed by atoms with van der Waals surface area (Å²) in [6, 6.07) is 0.786. The number of nitrogens with zero attached hydrogens (tertiary/aromatic N) is 1. The highest BCUT2D eigenvalue weighted by molar-refractivity contribution is 4.71. The Morgan fingerprint density at radius 1 is 0.812 bits per heavy atom. The second-order valence-electron chi connectivity index (χ2n) is 6.13. The topological polar surface area (TPSA) is 3.24 Å². The molecule has 0 amide bonds. The Labute approximate surface area is 103 Å². The van der Waals surface area contributed by atoms with Crippen LogP contribution >= 0.6 is 0 Å². The molecule has 0 aromatic carbocycles. The maximum atomic E-state index is 2.47. The maximum absolute atomic E-state index is 2.47. The summed E-state index contributed by atoms with van der Waals surface area (Å²) in [5.41, 5.74) is 0. The summed E-state index contributed by atoms with van der Waals surface area (Å²) in [6.45, 7) is 11.9. The molecule has 0 bridgehead atoms. The molecular formula is C15H31N. The molecule has 1 aliphatic carbocycles. The summed E-state index contributed by atoms with van der Waals surface area (Å²) in [6.07, 6.45) is 8.88. The zero-order valence-electron chi connectivity index (χ0n) is 11.8. The highest BCUT2D eigenvalue weighted by atomic mass is 15.2. The number of likely N-dealkylation sites (tertiary alicyclic amines) is 1. The van der Waals surface area contributed by atoms with Gasteiger partial charge in [-0.05, 0) is 45.2 Å². The van der Waals surface area contributed by atoms with Gasteiger partial charge in [0, 0.05) is 6.04 Å². The van der Waals surface area contributed by atoms with Crippen LogP contribution in [0.5, 0.6) is 0 Å². The summed E-state index contributed by atoms with van der Waals surface area (Å²) in [4.78, 5) is 2.47. The van der Waals surface area contributed by atoms with E-state index in [1.807, 2.05) is 0 Å². The van der Waals surface area contributed by atoms with Crippen LogP contribution in [0, 0.1) is 11.8 Å². The lowest BCUT2D eigenvalue weighted by Crippen LogP contribution is -2.41. The van der Waals surface area contributed by atoms with E-state index in [0.717, 1.165) is 17.9 Å². The highest BCUT2D eigenvalue weighted by Crippen LogP contribution is 2.29. The standard InChI is InChI=1S/C9H18.C6H13N/c1-8(2)9-6-4-3-5-7-9;1-6(2)7-4-3-5-7/h8-9H,3-7H2,1-2H3;6H,3-5H2,1-2H3. The molecule has 0 radical (unpaired) electrons. The van der Waals surface area contributed by atoms with Crippen LogP contribution in [0.15, 0.2) is 0 Å². The number of hydrogen-bond acceptors (Lipinski definition) is 1. The van der Waals surface area contributed by atoms with Crippen LogP contribution in [-0.4, -0.2) is 24.0 Å². The molecule has 1 saturated carbocycles. The number of rotatable bonds is 2. The summed E-state index contributed by atoms with van der Waals surface area (Å²) in [5.74, 6) is 1.99. The van der Waals surface area contributed by atoms with Gasteiger partial charge in [-0.25, -0.2) is 0 Å². The van der Waals surface area contributed by atoms with Crippen molar-refractivity contribution in [3.05, 3.63) is 0 Å². The maximum Gasteiger partial charge on any atom is 0.00386 e. The van der Waals surface area contributed by atoms with E-state index < -0.39 is 0 Å². The van der Waals surface area contributed by atoms with Crippen LogP contribution in [-0.2, 0) is 0 Å². The van der Waals surface area contributed by atoms with Crippen molar-refractivity contribution in [2.75, 3.05) is 13.1 Å². The van der Waals surface area contributed by atoms with Gasteiger partial charge in [-0.15, -0.1) is 0 Å². The fourth-order valence-corrected chi connectivity index (χ4v) is 2.66. The van der Waals surface area contributed by atoms with Gasteiger partial charge < -0.3 is 4.90 Å². The third-order valence-electron chi connectivity index (χ3n) is 4.21. The minimum atomic E-state index is 0.786. The largest absolute Gasteiger partial charge is 0.301 e. The third kappa shape index (κ3) is 4.86. The Balaban J connectivity index is 0.000000165. The molecule has 16 heavy (non-hydrogen) atoms. The molecule has 1 heteroatoms. The van der Waals surface area contributed by atoms with Gasteiger partial charge in [-0.1, -0.05) is 46.0 Å². The van der Waals surface area contributed by atoms with Crippen LogP contribution in [0.1, 0.15) is 66.2 Å². The second kappa shape index (κ2) is 7.32. The predicted octanol–water partition coefficient (Wildman–Crippen LogP) is 4.32. The van der Waals surface area contributed by atoms with E-state index in [-0.39, 0.29) is 0 Å². The molecule has 1 aliphatic heterocycles. The van der Waals surface area contributed by atoms with Gasteiger partial charge in [-0.3, -0.25) is 0 Å². The molecule has 1 saturated heterocycles. The van der Waals surface area contributed by atoms with Crippen molar-refractivity contribution in [3.8, 4) is 0 Å². The molecule has 2 aliphatic rings. The van der Waals surface area contributed by atoms with E-state index in [1.54, 1.807) is 0 Å². The van der Waals surface area contributed by atoms with Crippen LogP contribution in [0.3, 0.4) is 0 Å². The minimum absolute atomic E-state index is 0.786. The van der Waals surface area contributed by atoms with Crippen LogP contribution in [0.4, 0.5) is 0 Å². The first-order valence-electron chi connectivity index (χ1n) is 7.35. The molecule has 1 heterocycles. The van der Waals surface area contributed by atoms with Crippen LogP contribution < -0.4 is 0 Å². The Bertz CT molecular complexity index is 164. The molecule has 0 atom stereocenters. The lowest BCUT2D eigenvalue weighted by atomic mass is 9.82. The SMILES string of the molecule is CC(C)C1CCCCC1.CC(C)N1CCC1. The van der Waals surface area contributed by atoms with Crippen LogP contribution in [0.25, 0.3) is 0 Å². The molecule has 1 nitrogen and oxygen atoms in total. The minimum Gasteiger partial charge on any atom is -0.301 e. The van der Waals surface area contributed by atoms with E-state index in [4.69, 9.17) is 0 Å². The predicted molar refractivity (Wildman–Crippen MR) is 72.7 cm³/mol. The first-order chi connectivity index (χ1) is 7.61. The van der Waals surface area contributed by atoms with Gasteiger partial charge >= 0.3 is 0 Å². The van der Waals surface area contributed by atoms with Gasteiger partial charge in [0.25, 0.3) is 0 Å². The van der Waals surface area contributed by atoms with E-state index in [9.17, 15) is 0 Å². The number of hydrogen-bond donors (Lipinski definition) is 0. The molecule has 0 aromatic rings. The summed E-state index contributed by atoms with van der Waals surface area (Å²) < 4.78 is 0. The molecule has 0 spiro atoms. The zero-order valence-corrected chi connectivity index (χ0v) is 11.8. The quantitative estimate of drug-likeness (QED) is 0.676. The van der Waals surface area contributed by atoms with E-state index in [1.165, 1.54) is 51.6 Å². The fraction of sp³-hybridized carbons (Fsp3) is 1.00. The average molecular weight is 225 g/mol. The molecule has 0 N–H and O–H groups in total. The first kappa shape index (κ1) is 14.0. The summed E-state index contributed by atoms with van der Waals surface area (Å²) in [7, 11) is 0. The molecular weight excluding hydrogens is 194 g/mol. The van der Waals surface area contributed by atoms with E-state index in [2.05, 4.69) is 32.6 Å². The smallest absolute Gasteiger partial charge is 0.00386 e. The Kier molecular flexibility index (Phi) is 6.41. The van der Waals surface area contributed by atoms with Gasteiger partial charge in [-0.2, -0.15) is 0 Å².